The predicted octanol–water partition coefficient (Wildman–Crippen LogP) is 1.42. The molecule has 0 fully saturated rings. The van der Waals surface area contributed by atoms with E-state index in [1.54, 1.807) is 24.3 Å². The molecular formula is C13H16NO3. The number of esters is 1. The number of ether oxygens (including phenoxy) is 1. The van der Waals surface area contributed by atoms with E-state index in [-0.39, 0.29) is 11.8 Å². The molecule has 0 N–H and O–H groups in total. The minimum atomic E-state index is -0.380. The first-order chi connectivity index (χ1) is 8.00. The Labute approximate surface area is 101 Å². The van der Waals surface area contributed by atoms with Crippen LogP contribution in [0.1, 0.15) is 20.7 Å². The number of carbonyl (C=O) groups excluding carboxylic acids is 2. The molecule has 0 aliphatic rings. The van der Waals surface area contributed by atoms with Crippen LogP contribution in [-0.2, 0) is 4.74 Å². The van der Waals surface area contributed by atoms with Gasteiger partial charge in [-0.3, -0.25) is 4.79 Å². The zero-order valence-corrected chi connectivity index (χ0v) is 10.1. The van der Waals surface area contributed by atoms with Crippen LogP contribution in [0.15, 0.2) is 24.3 Å². The molecule has 4 nitrogen and oxygen atoms in total. The van der Waals surface area contributed by atoms with Crippen molar-refractivity contribution in [2.75, 3.05) is 27.2 Å². The van der Waals surface area contributed by atoms with Crippen LogP contribution in [0, 0.1) is 6.92 Å². The van der Waals surface area contributed by atoms with Gasteiger partial charge in [0, 0.05) is 19.0 Å². The first kappa shape index (κ1) is 13.4. The topological polar surface area (TPSA) is 46.6 Å². The van der Waals surface area contributed by atoms with E-state index in [9.17, 15) is 9.59 Å². The smallest absolute Gasteiger partial charge is 0.338 e. The molecule has 1 aromatic carbocycles. The SMILES string of the molecule is [CH2]C(=O)c1ccc(C(=O)OCCN(C)C)cc1. The average molecular weight is 234 g/mol. The van der Waals surface area contributed by atoms with Crippen molar-refractivity contribution in [1.29, 1.82) is 0 Å². The largest absolute Gasteiger partial charge is 0.461 e. The van der Waals surface area contributed by atoms with E-state index < -0.39 is 0 Å². The molecule has 0 atom stereocenters. The monoisotopic (exact) mass is 234 g/mol. The van der Waals surface area contributed by atoms with E-state index >= 15 is 0 Å². The Kier molecular flexibility index (Phi) is 4.84. The number of hydrogen-bond donors (Lipinski definition) is 0. The molecule has 1 radical (unpaired) electrons. The maximum atomic E-state index is 11.6. The minimum Gasteiger partial charge on any atom is -0.461 e. The Morgan fingerprint density at radius 3 is 2.18 bits per heavy atom. The Morgan fingerprint density at radius 1 is 1.18 bits per heavy atom. The van der Waals surface area contributed by atoms with Crippen LogP contribution in [0.5, 0.6) is 0 Å². The predicted molar refractivity (Wildman–Crippen MR) is 65.0 cm³/mol. The number of benzene rings is 1. The summed E-state index contributed by atoms with van der Waals surface area (Å²) in [6, 6.07) is 6.27. The highest BCUT2D eigenvalue weighted by Crippen LogP contribution is 2.06. The third kappa shape index (κ3) is 4.36. The fourth-order valence-corrected chi connectivity index (χ4v) is 1.20. The molecule has 4 heteroatoms. The Hall–Kier alpha value is -1.68. The van der Waals surface area contributed by atoms with Crippen molar-refractivity contribution in [2.45, 2.75) is 0 Å². The minimum absolute atomic E-state index is 0.266. The van der Waals surface area contributed by atoms with E-state index in [2.05, 4.69) is 6.92 Å². The van der Waals surface area contributed by atoms with E-state index in [1.807, 2.05) is 19.0 Å². The summed E-state index contributed by atoms with van der Waals surface area (Å²) >= 11 is 0. The van der Waals surface area contributed by atoms with E-state index in [0.29, 0.717) is 24.3 Å². The van der Waals surface area contributed by atoms with Crippen molar-refractivity contribution in [2.24, 2.45) is 0 Å². The van der Waals surface area contributed by atoms with Crippen molar-refractivity contribution >= 4 is 11.8 Å². The van der Waals surface area contributed by atoms with E-state index in [4.69, 9.17) is 4.74 Å². The summed E-state index contributed by atoms with van der Waals surface area (Å²) in [5, 5.41) is 0. The highest BCUT2D eigenvalue weighted by atomic mass is 16.5. The number of likely N-dealkylation sites (N-methyl/N-ethyl adjacent to an activating group) is 1. The zero-order chi connectivity index (χ0) is 12.8. The highest BCUT2D eigenvalue weighted by Gasteiger charge is 2.07. The standard InChI is InChI=1S/C13H16NO3/c1-10(15)11-4-6-12(7-5-11)13(16)17-9-8-14(2)3/h4-7H,1,8-9H2,2-3H3. The number of hydrogen-bond acceptors (Lipinski definition) is 4. The van der Waals surface area contributed by atoms with Gasteiger partial charge in [0.1, 0.15) is 6.61 Å². The second-order valence-corrected chi connectivity index (χ2v) is 3.94. The lowest BCUT2D eigenvalue weighted by Gasteiger charge is -2.09. The summed E-state index contributed by atoms with van der Waals surface area (Å²) < 4.78 is 5.06. The molecule has 0 aromatic heterocycles. The molecule has 1 aromatic rings. The highest BCUT2D eigenvalue weighted by molar-refractivity contribution is 6.00. The second kappa shape index (κ2) is 6.15. The van der Waals surface area contributed by atoms with Gasteiger partial charge in [-0.15, -0.1) is 0 Å². The maximum Gasteiger partial charge on any atom is 0.338 e. The molecule has 0 saturated heterocycles. The molecule has 0 heterocycles. The van der Waals surface area contributed by atoms with Crippen molar-refractivity contribution in [1.82, 2.24) is 4.90 Å². The maximum absolute atomic E-state index is 11.6. The van der Waals surface area contributed by atoms with Crippen LogP contribution >= 0.6 is 0 Å². The van der Waals surface area contributed by atoms with Gasteiger partial charge in [0.25, 0.3) is 0 Å². The fraction of sp³-hybridized carbons (Fsp3) is 0.308. The molecule has 0 unspecified atom stereocenters. The lowest BCUT2D eigenvalue weighted by molar-refractivity contribution is 0.0481. The van der Waals surface area contributed by atoms with Gasteiger partial charge in [0.2, 0.25) is 0 Å². The van der Waals surface area contributed by atoms with Crippen LogP contribution in [0.3, 0.4) is 0 Å². The van der Waals surface area contributed by atoms with Crippen LogP contribution in [0.25, 0.3) is 0 Å². The lowest BCUT2D eigenvalue weighted by Crippen LogP contribution is -2.20. The molecule has 17 heavy (non-hydrogen) atoms. The number of nitrogens with zero attached hydrogens (tertiary/aromatic N) is 1. The molecule has 0 bridgehead atoms. The molecule has 91 valence electrons. The lowest BCUT2D eigenvalue weighted by atomic mass is 10.1. The third-order valence-corrected chi connectivity index (χ3v) is 2.21. The Balaban J connectivity index is 2.55. The third-order valence-electron chi connectivity index (χ3n) is 2.21. The molecule has 0 aliphatic heterocycles. The number of Topliss-reactive ketones (excluding diaryl/α,β-unsaturated/α-hetero) is 1. The normalized spacial score (nSPS) is 10.4. The van der Waals surface area contributed by atoms with Gasteiger partial charge in [0.15, 0.2) is 5.78 Å². The molecule has 0 amide bonds. The van der Waals surface area contributed by atoms with Crippen molar-refractivity contribution in [3.05, 3.63) is 42.3 Å². The molecule has 0 spiro atoms. The van der Waals surface area contributed by atoms with Gasteiger partial charge < -0.3 is 9.64 Å². The van der Waals surface area contributed by atoms with Crippen molar-refractivity contribution in [3.63, 3.8) is 0 Å². The van der Waals surface area contributed by atoms with Gasteiger partial charge in [-0.05, 0) is 26.2 Å². The van der Waals surface area contributed by atoms with Crippen LogP contribution < -0.4 is 0 Å². The fourth-order valence-electron chi connectivity index (χ4n) is 1.20. The van der Waals surface area contributed by atoms with Crippen molar-refractivity contribution in [3.8, 4) is 0 Å². The average Bonchev–Trinajstić information content (AvgIpc) is 2.28. The second-order valence-electron chi connectivity index (χ2n) is 3.94. The Bertz CT molecular complexity index is 396. The van der Waals surface area contributed by atoms with Gasteiger partial charge in [-0.25, -0.2) is 4.79 Å². The first-order valence-corrected chi connectivity index (χ1v) is 5.29. The Morgan fingerprint density at radius 2 is 1.71 bits per heavy atom. The number of carbonyl (C=O) groups is 2. The van der Waals surface area contributed by atoms with Gasteiger partial charge in [0.05, 0.1) is 5.56 Å². The summed E-state index contributed by atoms with van der Waals surface area (Å²) in [5.74, 6) is -0.646. The number of ketones is 1. The first-order valence-electron chi connectivity index (χ1n) is 5.29. The summed E-state index contributed by atoms with van der Waals surface area (Å²) in [6.45, 7) is 4.32. The molecule has 1 rings (SSSR count). The summed E-state index contributed by atoms with van der Waals surface area (Å²) in [5.41, 5.74) is 0.920. The zero-order valence-electron chi connectivity index (χ0n) is 10.1. The van der Waals surface area contributed by atoms with E-state index in [1.165, 1.54) is 0 Å². The van der Waals surface area contributed by atoms with Crippen LogP contribution in [-0.4, -0.2) is 43.9 Å². The molecular weight excluding hydrogens is 218 g/mol. The van der Waals surface area contributed by atoms with Crippen molar-refractivity contribution < 1.29 is 14.3 Å². The van der Waals surface area contributed by atoms with Crippen LogP contribution in [0.4, 0.5) is 0 Å². The molecule has 0 saturated carbocycles. The van der Waals surface area contributed by atoms with E-state index in [0.717, 1.165) is 0 Å². The summed E-state index contributed by atoms with van der Waals surface area (Å²) in [4.78, 5) is 24.4. The summed E-state index contributed by atoms with van der Waals surface area (Å²) in [7, 11) is 3.81. The van der Waals surface area contributed by atoms with Gasteiger partial charge in [-0.1, -0.05) is 12.1 Å². The van der Waals surface area contributed by atoms with Crippen LogP contribution in [0.2, 0.25) is 0 Å². The summed E-state index contributed by atoms with van der Waals surface area (Å²) in [6.07, 6.45) is 0. The van der Waals surface area contributed by atoms with Gasteiger partial charge in [-0.2, -0.15) is 0 Å². The van der Waals surface area contributed by atoms with Gasteiger partial charge >= 0.3 is 5.97 Å². The number of rotatable bonds is 5. The quantitative estimate of drug-likeness (QED) is 0.571. The molecule has 0 aliphatic carbocycles.